The molecule has 514 valence electrons. The summed E-state index contributed by atoms with van der Waals surface area (Å²) in [6.07, 6.45) is 99.8. The van der Waals surface area contributed by atoms with Crippen molar-refractivity contribution in [1.82, 2.24) is 5.32 Å². The molecular formula is C81H155NO5. The van der Waals surface area contributed by atoms with Crippen LogP contribution in [0.4, 0.5) is 0 Å². The second-order valence-electron chi connectivity index (χ2n) is 27.4. The molecule has 0 spiro atoms. The summed E-state index contributed by atoms with van der Waals surface area (Å²) in [5.41, 5.74) is 0. The number of aliphatic hydroxyl groups is 2. The molecule has 0 aliphatic carbocycles. The highest BCUT2D eigenvalue weighted by atomic mass is 16.5. The maximum absolute atomic E-state index is 12.5. The van der Waals surface area contributed by atoms with Crippen LogP contribution in [-0.2, 0) is 14.3 Å². The van der Waals surface area contributed by atoms with Gasteiger partial charge in [-0.15, -0.1) is 0 Å². The lowest BCUT2D eigenvalue weighted by molar-refractivity contribution is -0.143. The van der Waals surface area contributed by atoms with Crippen molar-refractivity contribution in [3.05, 3.63) is 36.5 Å². The summed E-state index contributed by atoms with van der Waals surface area (Å²) >= 11 is 0. The van der Waals surface area contributed by atoms with Crippen LogP contribution < -0.4 is 5.32 Å². The Morgan fingerprint density at radius 3 is 0.874 bits per heavy atom. The van der Waals surface area contributed by atoms with Crippen molar-refractivity contribution in [2.45, 2.75) is 456 Å². The zero-order valence-electron chi connectivity index (χ0n) is 59.0. The van der Waals surface area contributed by atoms with Gasteiger partial charge in [-0.05, 0) is 64.2 Å². The number of hydrogen-bond acceptors (Lipinski definition) is 5. The molecule has 2 unspecified atom stereocenters. The van der Waals surface area contributed by atoms with Crippen molar-refractivity contribution in [2.24, 2.45) is 0 Å². The third-order valence-electron chi connectivity index (χ3n) is 18.7. The topological polar surface area (TPSA) is 95.9 Å². The molecule has 0 heterocycles. The van der Waals surface area contributed by atoms with Crippen molar-refractivity contribution in [3.8, 4) is 0 Å². The molecule has 0 aromatic carbocycles. The number of allylic oxidation sites excluding steroid dienone is 5. The Morgan fingerprint density at radius 1 is 0.322 bits per heavy atom. The van der Waals surface area contributed by atoms with Crippen LogP contribution in [0.5, 0.6) is 0 Å². The minimum atomic E-state index is -0.845. The van der Waals surface area contributed by atoms with E-state index in [4.69, 9.17) is 4.74 Å². The summed E-state index contributed by atoms with van der Waals surface area (Å²) in [6.45, 7) is 4.95. The van der Waals surface area contributed by atoms with Crippen molar-refractivity contribution < 1.29 is 24.5 Å². The van der Waals surface area contributed by atoms with Gasteiger partial charge in [0.2, 0.25) is 5.91 Å². The number of hydrogen-bond donors (Lipinski definition) is 3. The van der Waals surface area contributed by atoms with Gasteiger partial charge in [-0.2, -0.15) is 0 Å². The normalized spacial score (nSPS) is 12.6. The van der Waals surface area contributed by atoms with Gasteiger partial charge < -0.3 is 20.3 Å². The number of carbonyl (C=O) groups excluding carboxylic acids is 2. The number of amides is 1. The molecule has 2 atom stereocenters. The highest BCUT2D eigenvalue weighted by molar-refractivity contribution is 5.76. The molecule has 0 aromatic heterocycles. The van der Waals surface area contributed by atoms with Gasteiger partial charge in [0.25, 0.3) is 0 Å². The van der Waals surface area contributed by atoms with Crippen LogP contribution >= 0.6 is 0 Å². The molecule has 0 aliphatic heterocycles. The van der Waals surface area contributed by atoms with E-state index in [0.29, 0.717) is 19.4 Å². The van der Waals surface area contributed by atoms with Gasteiger partial charge >= 0.3 is 5.97 Å². The second kappa shape index (κ2) is 76.5. The van der Waals surface area contributed by atoms with E-state index < -0.39 is 12.1 Å². The number of rotatable bonds is 75. The minimum absolute atomic E-state index is 0.0169. The Labute approximate surface area is 544 Å². The van der Waals surface area contributed by atoms with Crippen molar-refractivity contribution in [3.63, 3.8) is 0 Å². The number of esters is 1. The summed E-state index contributed by atoms with van der Waals surface area (Å²) in [5.74, 6) is -0.0443. The van der Waals surface area contributed by atoms with E-state index in [9.17, 15) is 19.8 Å². The quantitative estimate of drug-likeness (QED) is 0.0320. The van der Waals surface area contributed by atoms with Gasteiger partial charge in [0, 0.05) is 12.8 Å². The Bertz CT molecular complexity index is 1410. The number of carbonyl (C=O) groups is 2. The van der Waals surface area contributed by atoms with Gasteiger partial charge in [0.05, 0.1) is 25.4 Å². The average Bonchev–Trinajstić information content (AvgIpc) is 3.53. The van der Waals surface area contributed by atoms with Gasteiger partial charge in [-0.3, -0.25) is 9.59 Å². The van der Waals surface area contributed by atoms with E-state index in [0.717, 1.165) is 44.9 Å². The van der Waals surface area contributed by atoms with Gasteiger partial charge in [0.15, 0.2) is 0 Å². The van der Waals surface area contributed by atoms with Crippen LogP contribution in [0, 0.1) is 0 Å². The first-order valence-corrected chi connectivity index (χ1v) is 39.8. The van der Waals surface area contributed by atoms with E-state index in [1.807, 2.05) is 6.08 Å². The van der Waals surface area contributed by atoms with E-state index >= 15 is 0 Å². The lowest BCUT2D eigenvalue weighted by Crippen LogP contribution is -2.45. The van der Waals surface area contributed by atoms with Crippen molar-refractivity contribution in [1.29, 1.82) is 0 Å². The smallest absolute Gasteiger partial charge is 0.305 e. The standard InChI is InChI=1S/C81H155NO5/c1-3-5-7-9-11-13-15-17-19-20-21-22-34-37-40-43-46-49-53-57-61-65-69-73-79(84)78(77-83)82-80(85)74-70-66-62-58-54-50-47-44-41-38-35-32-30-28-26-24-23-25-27-29-31-33-36-39-42-45-48-52-56-60-64-68-72-76-87-81(86)75-71-67-63-59-55-51-18-16-14-12-10-8-6-4-2/h27,29,33,36,69,73,78-79,83-84H,3-26,28,30-32,34-35,37-68,70-72,74-77H2,1-2H3,(H,82,85)/b29-27-,36-33-,73-69+. The third kappa shape index (κ3) is 73.0. The zero-order valence-corrected chi connectivity index (χ0v) is 59.0. The number of aliphatic hydroxyl groups excluding tert-OH is 2. The Hall–Kier alpha value is -1.92. The second-order valence-corrected chi connectivity index (χ2v) is 27.4. The molecule has 0 bridgehead atoms. The molecule has 0 aliphatic rings. The van der Waals surface area contributed by atoms with E-state index in [1.54, 1.807) is 6.08 Å². The Balaban J connectivity index is 3.40. The monoisotopic (exact) mass is 1220 g/mol. The van der Waals surface area contributed by atoms with Crippen molar-refractivity contribution in [2.75, 3.05) is 13.2 Å². The summed E-state index contributed by atoms with van der Waals surface area (Å²) in [5, 5.41) is 23.3. The molecule has 3 N–H and O–H groups in total. The highest BCUT2D eigenvalue weighted by Gasteiger charge is 2.18. The fraction of sp³-hybridized carbons (Fsp3) is 0.901. The Kier molecular flexibility index (Phi) is 74.8. The summed E-state index contributed by atoms with van der Waals surface area (Å²) in [7, 11) is 0. The van der Waals surface area contributed by atoms with E-state index in [1.165, 1.54) is 372 Å². The molecule has 0 aromatic rings. The lowest BCUT2D eigenvalue weighted by Gasteiger charge is -2.20. The first-order chi connectivity index (χ1) is 43.0. The van der Waals surface area contributed by atoms with Gasteiger partial charge in [-0.1, -0.05) is 403 Å². The van der Waals surface area contributed by atoms with Crippen molar-refractivity contribution >= 4 is 11.9 Å². The molecule has 0 radical (unpaired) electrons. The lowest BCUT2D eigenvalue weighted by atomic mass is 10.0. The fourth-order valence-electron chi connectivity index (χ4n) is 12.6. The molecule has 87 heavy (non-hydrogen) atoms. The zero-order chi connectivity index (χ0) is 62.8. The molecule has 0 saturated heterocycles. The predicted molar refractivity (Wildman–Crippen MR) is 384 cm³/mol. The molecule has 6 heteroatoms. The van der Waals surface area contributed by atoms with Gasteiger partial charge in [-0.25, -0.2) is 0 Å². The van der Waals surface area contributed by atoms with Crippen LogP contribution in [0.25, 0.3) is 0 Å². The highest BCUT2D eigenvalue weighted by Crippen LogP contribution is 2.20. The molecule has 1 amide bonds. The molecule has 6 nitrogen and oxygen atoms in total. The predicted octanol–water partition coefficient (Wildman–Crippen LogP) is 26.2. The largest absolute Gasteiger partial charge is 0.466 e. The summed E-state index contributed by atoms with van der Waals surface area (Å²) in [4.78, 5) is 24.6. The molecule has 0 rings (SSSR count). The third-order valence-corrected chi connectivity index (χ3v) is 18.7. The maximum atomic E-state index is 12.5. The van der Waals surface area contributed by atoms with E-state index in [2.05, 4.69) is 43.5 Å². The minimum Gasteiger partial charge on any atom is -0.466 e. The fourth-order valence-corrected chi connectivity index (χ4v) is 12.6. The molecule has 0 fully saturated rings. The number of ether oxygens (including phenoxy) is 1. The van der Waals surface area contributed by atoms with Crippen LogP contribution in [-0.4, -0.2) is 47.4 Å². The maximum Gasteiger partial charge on any atom is 0.305 e. The molecule has 0 saturated carbocycles. The van der Waals surface area contributed by atoms with Crippen LogP contribution in [0.2, 0.25) is 0 Å². The summed E-state index contributed by atoms with van der Waals surface area (Å²) < 4.78 is 5.49. The number of nitrogens with one attached hydrogen (secondary N) is 1. The van der Waals surface area contributed by atoms with Gasteiger partial charge in [0.1, 0.15) is 0 Å². The average molecular weight is 1220 g/mol. The van der Waals surface area contributed by atoms with Crippen LogP contribution in [0.1, 0.15) is 444 Å². The SMILES string of the molecule is CCCCCCCCCCCCCCCCCCCCCCC/C=C/C(O)C(CO)NC(=O)CCCCCCCCCCCCCCCCCCC/C=C\C/C=C\CCCCCCCCCCCOC(=O)CCCCCCCCCCCCCCCC. The number of unbranched alkanes of at least 4 members (excludes halogenated alkanes) is 60. The first kappa shape index (κ1) is 85.1. The first-order valence-electron chi connectivity index (χ1n) is 39.8. The van der Waals surface area contributed by atoms with E-state index in [-0.39, 0.29) is 18.5 Å². The summed E-state index contributed by atoms with van der Waals surface area (Å²) in [6, 6.07) is -0.628. The molecular weight excluding hydrogens is 1070 g/mol. The van der Waals surface area contributed by atoms with Crippen LogP contribution in [0.15, 0.2) is 36.5 Å². The van der Waals surface area contributed by atoms with Crippen LogP contribution in [0.3, 0.4) is 0 Å². The Morgan fingerprint density at radius 2 is 0.575 bits per heavy atom.